The summed E-state index contributed by atoms with van der Waals surface area (Å²) in [5.41, 5.74) is 1.96. The Bertz CT molecular complexity index is 419. The Morgan fingerprint density at radius 3 is 2.31 bits per heavy atom. The molecule has 0 heterocycles. The number of rotatable bonds is 3. The fraction of sp³-hybridized carbons (Fsp3) is 0.462. The van der Waals surface area contributed by atoms with Gasteiger partial charge in [-0.1, -0.05) is 6.07 Å². The van der Waals surface area contributed by atoms with Crippen LogP contribution in [0.3, 0.4) is 0 Å². The molecular weight excluding hydrogens is 204 g/mol. The standard InChI is InChI=1S/C13H18O3/c1-8-6-9(2)10(3)11(7-8)16-13(4,5)12(14)15/h6-7H,1-5H3,(H,14,15). The quantitative estimate of drug-likeness (QED) is 0.855. The second-order valence-corrected chi connectivity index (χ2v) is 4.62. The average molecular weight is 222 g/mol. The molecule has 0 unspecified atom stereocenters. The topological polar surface area (TPSA) is 46.5 Å². The monoisotopic (exact) mass is 222 g/mol. The predicted molar refractivity (Wildman–Crippen MR) is 63.0 cm³/mol. The minimum absolute atomic E-state index is 0.643. The van der Waals surface area contributed by atoms with Crippen molar-refractivity contribution in [1.29, 1.82) is 0 Å². The normalized spacial score (nSPS) is 11.3. The summed E-state index contributed by atoms with van der Waals surface area (Å²) < 4.78 is 5.56. The van der Waals surface area contributed by atoms with Crippen LogP contribution in [0.5, 0.6) is 5.75 Å². The lowest BCUT2D eigenvalue weighted by Gasteiger charge is -2.23. The van der Waals surface area contributed by atoms with Crippen molar-refractivity contribution in [2.45, 2.75) is 40.2 Å². The van der Waals surface area contributed by atoms with Crippen molar-refractivity contribution >= 4 is 5.97 Å². The van der Waals surface area contributed by atoms with Crippen molar-refractivity contribution in [1.82, 2.24) is 0 Å². The van der Waals surface area contributed by atoms with Crippen molar-refractivity contribution in [3.63, 3.8) is 0 Å². The summed E-state index contributed by atoms with van der Waals surface area (Å²) in [7, 11) is 0. The van der Waals surface area contributed by atoms with Gasteiger partial charge in [0.2, 0.25) is 0 Å². The maximum absolute atomic E-state index is 11.0. The molecule has 3 heteroatoms. The first-order valence-electron chi connectivity index (χ1n) is 5.24. The van der Waals surface area contributed by atoms with Gasteiger partial charge in [0.15, 0.2) is 5.60 Å². The summed E-state index contributed by atoms with van der Waals surface area (Å²) >= 11 is 0. The molecule has 0 radical (unpaired) electrons. The van der Waals surface area contributed by atoms with Crippen LogP contribution in [0, 0.1) is 20.8 Å². The molecule has 1 aromatic rings. The molecule has 1 rings (SSSR count). The molecule has 0 aliphatic carbocycles. The van der Waals surface area contributed by atoms with Gasteiger partial charge in [-0.3, -0.25) is 0 Å². The third kappa shape index (κ3) is 2.54. The molecule has 0 aliphatic rings. The van der Waals surface area contributed by atoms with Gasteiger partial charge in [0.05, 0.1) is 0 Å². The summed E-state index contributed by atoms with van der Waals surface area (Å²) in [5.74, 6) is -0.323. The van der Waals surface area contributed by atoms with Crippen LogP contribution in [-0.2, 0) is 4.79 Å². The Hall–Kier alpha value is -1.51. The van der Waals surface area contributed by atoms with Gasteiger partial charge >= 0.3 is 5.97 Å². The number of hydrogen-bond acceptors (Lipinski definition) is 2. The molecule has 0 saturated heterocycles. The zero-order valence-electron chi connectivity index (χ0n) is 10.4. The number of carboxylic acids is 1. The largest absolute Gasteiger partial charge is 0.478 e. The number of carbonyl (C=O) groups is 1. The summed E-state index contributed by atoms with van der Waals surface area (Å²) in [5, 5.41) is 9.01. The highest BCUT2D eigenvalue weighted by molar-refractivity contribution is 5.76. The molecule has 0 fully saturated rings. The minimum Gasteiger partial charge on any atom is -0.478 e. The molecule has 0 aliphatic heterocycles. The van der Waals surface area contributed by atoms with E-state index in [1.165, 1.54) is 0 Å². The third-order valence-electron chi connectivity index (χ3n) is 2.64. The van der Waals surface area contributed by atoms with E-state index in [0.717, 1.165) is 16.7 Å². The van der Waals surface area contributed by atoms with Gasteiger partial charge in [0, 0.05) is 0 Å². The second kappa shape index (κ2) is 4.16. The van der Waals surface area contributed by atoms with Gasteiger partial charge in [-0.05, 0) is 57.4 Å². The van der Waals surface area contributed by atoms with Crippen molar-refractivity contribution in [2.75, 3.05) is 0 Å². The van der Waals surface area contributed by atoms with Crippen molar-refractivity contribution in [3.05, 3.63) is 28.8 Å². The van der Waals surface area contributed by atoms with Crippen LogP contribution in [0.1, 0.15) is 30.5 Å². The lowest BCUT2D eigenvalue weighted by atomic mass is 10.0. The third-order valence-corrected chi connectivity index (χ3v) is 2.64. The van der Waals surface area contributed by atoms with Crippen LogP contribution >= 0.6 is 0 Å². The first kappa shape index (κ1) is 12.6. The molecule has 0 bridgehead atoms. The van der Waals surface area contributed by atoms with E-state index in [4.69, 9.17) is 9.84 Å². The highest BCUT2D eigenvalue weighted by Crippen LogP contribution is 2.27. The fourth-order valence-electron chi connectivity index (χ4n) is 1.43. The number of aliphatic carboxylic acids is 1. The van der Waals surface area contributed by atoms with E-state index in [2.05, 4.69) is 6.07 Å². The van der Waals surface area contributed by atoms with Gasteiger partial charge in [-0.15, -0.1) is 0 Å². The molecule has 0 atom stereocenters. The summed E-state index contributed by atoms with van der Waals surface area (Å²) in [6.07, 6.45) is 0. The maximum Gasteiger partial charge on any atom is 0.347 e. The predicted octanol–water partition coefficient (Wildman–Crippen LogP) is 2.85. The Morgan fingerprint density at radius 2 is 1.81 bits per heavy atom. The van der Waals surface area contributed by atoms with E-state index in [1.807, 2.05) is 26.8 Å². The average Bonchev–Trinajstić information content (AvgIpc) is 2.12. The SMILES string of the molecule is Cc1cc(C)c(C)c(OC(C)(C)C(=O)O)c1. The van der Waals surface area contributed by atoms with Crippen molar-refractivity contribution < 1.29 is 14.6 Å². The Kier molecular flexibility index (Phi) is 3.27. The van der Waals surface area contributed by atoms with Crippen molar-refractivity contribution in [2.24, 2.45) is 0 Å². The number of benzene rings is 1. The summed E-state index contributed by atoms with van der Waals surface area (Å²) in [4.78, 5) is 11.0. The Labute approximate surface area is 96.1 Å². The smallest absolute Gasteiger partial charge is 0.347 e. The summed E-state index contributed by atoms with van der Waals surface area (Å²) in [6, 6.07) is 3.92. The molecule has 0 aromatic heterocycles. The van der Waals surface area contributed by atoms with E-state index in [9.17, 15) is 4.79 Å². The molecule has 1 N–H and O–H groups in total. The molecule has 0 spiro atoms. The maximum atomic E-state index is 11.0. The van der Waals surface area contributed by atoms with E-state index in [0.29, 0.717) is 5.75 Å². The molecule has 0 amide bonds. The number of ether oxygens (including phenoxy) is 1. The van der Waals surface area contributed by atoms with E-state index in [1.54, 1.807) is 13.8 Å². The highest BCUT2D eigenvalue weighted by Gasteiger charge is 2.30. The number of hydrogen-bond donors (Lipinski definition) is 1. The highest BCUT2D eigenvalue weighted by atomic mass is 16.5. The van der Waals surface area contributed by atoms with Crippen LogP contribution in [-0.4, -0.2) is 16.7 Å². The summed E-state index contributed by atoms with van der Waals surface area (Å²) in [6.45, 7) is 8.98. The number of carboxylic acid groups (broad SMARTS) is 1. The first-order chi connectivity index (χ1) is 7.24. The molecule has 0 saturated carbocycles. The zero-order chi connectivity index (χ0) is 12.5. The van der Waals surface area contributed by atoms with Crippen LogP contribution in [0.2, 0.25) is 0 Å². The molecular formula is C13H18O3. The Balaban J connectivity index is 3.11. The van der Waals surface area contributed by atoms with Crippen molar-refractivity contribution in [3.8, 4) is 5.75 Å². The molecule has 88 valence electrons. The minimum atomic E-state index is -1.20. The lowest BCUT2D eigenvalue weighted by molar-refractivity contribution is -0.152. The Morgan fingerprint density at radius 1 is 1.25 bits per heavy atom. The molecule has 1 aromatic carbocycles. The van der Waals surface area contributed by atoms with E-state index in [-0.39, 0.29) is 0 Å². The fourth-order valence-corrected chi connectivity index (χ4v) is 1.43. The zero-order valence-corrected chi connectivity index (χ0v) is 10.4. The van der Waals surface area contributed by atoms with Gasteiger partial charge in [-0.25, -0.2) is 4.79 Å². The van der Waals surface area contributed by atoms with E-state index < -0.39 is 11.6 Å². The van der Waals surface area contributed by atoms with Gasteiger partial charge in [0.1, 0.15) is 5.75 Å². The van der Waals surface area contributed by atoms with E-state index >= 15 is 0 Å². The lowest BCUT2D eigenvalue weighted by Crippen LogP contribution is -2.38. The van der Waals surface area contributed by atoms with Gasteiger partial charge < -0.3 is 9.84 Å². The second-order valence-electron chi connectivity index (χ2n) is 4.62. The van der Waals surface area contributed by atoms with Crippen LogP contribution in [0.4, 0.5) is 0 Å². The van der Waals surface area contributed by atoms with Gasteiger partial charge in [0.25, 0.3) is 0 Å². The van der Waals surface area contributed by atoms with Crippen LogP contribution in [0.15, 0.2) is 12.1 Å². The van der Waals surface area contributed by atoms with Crippen LogP contribution in [0.25, 0.3) is 0 Å². The van der Waals surface area contributed by atoms with Gasteiger partial charge in [-0.2, -0.15) is 0 Å². The molecule has 16 heavy (non-hydrogen) atoms. The van der Waals surface area contributed by atoms with Crippen LogP contribution < -0.4 is 4.74 Å². The first-order valence-corrected chi connectivity index (χ1v) is 5.24. The molecule has 3 nitrogen and oxygen atoms in total. The number of aryl methyl sites for hydroxylation is 2.